The van der Waals surface area contributed by atoms with Crippen LogP contribution in [0.25, 0.3) is 6.08 Å². The van der Waals surface area contributed by atoms with E-state index >= 15 is 0 Å². The van der Waals surface area contributed by atoms with Crippen LogP contribution in [0.3, 0.4) is 0 Å². The average Bonchev–Trinajstić information content (AvgIpc) is 2.92. The number of thioether (sulfide) groups is 1. The van der Waals surface area contributed by atoms with Crippen molar-refractivity contribution in [1.82, 2.24) is 10.3 Å². The quantitative estimate of drug-likeness (QED) is 0.800. The zero-order chi connectivity index (χ0) is 17.6. The Labute approximate surface area is 147 Å². The van der Waals surface area contributed by atoms with Crippen LogP contribution in [0.5, 0.6) is 5.75 Å². The topological polar surface area (TPSA) is 97.4 Å². The molecule has 0 radical (unpaired) electrons. The molecule has 1 aliphatic heterocycles. The Bertz CT molecular complexity index is 835. The number of nitrogens with zero attached hydrogens (tertiary/aromatic N) is 1. The molecule has 1 saturated heterocycles. The van der Waals surface area contributed by atoms with Gasteiger partial charge in [0.2, 0.25) is 0 Å². The number of pyridine rings is 1. The van der Waals surface area contributed by atoms with Gasteiger partial charge in [-0.15, -0.1) is 0 Å². The lowest BCUT2D eigenvalue weighted by Crippen LogP contribution is -2.20. The SMILES string of the molecule is O=C(COc1ccc(/C=C2\SC(=O)NC2=O)cc1)Nc1ccccn1. The number of carbonyl (C=O) groups excluding carboxylic acids is 3. The number of aromatic nitrogens is 1. The van der Waals surface area contributed by atoms with E-state index in [0.717, 1.165) is 17.3 Å². The van der Waals surface area contributed by atoms with Gasteiger partial charge in [0.05, 0.1) is 4.91 Å². The summed E-state index contributed by atoms with van der Waals surface area (Å²) in [5, 5.41) is 4.43. The van der Waals surface area contributed by atoms with E-state index in [0.29, 0.717) is 16.5 Å². The van der Waals surface area contributed by atoms with Crippen molar-refractivity contribution < 1.29 is 19.1 Å². The minimum atomic E-state index is -0.401. The first-order valence-electron chi connectivity index (χ1n) is 7.29. The maximum Gasteiger partial charge on any atom is 0.290 e. The molecule has 0 atom stereocenters. The molecule has 0 unspecified atom stereocenters. The van der Waals surface area contributed by atoms with Crippen molar-refractivity contribution in [3.8, 4) is 5.75 Å². The fraction of sp³-hybridized carbons (Fsp3) is 0.0588. The van der Waals surface area contributed by atoms with Crippen LogP contribution < -0.4 is 15.4 Å². The van der Waals surface area contributed by atoms with Crippen LogP contribution in [0, 0.1) is 0 Å². The fourth-order valence-corrected chi connectivity index (χ4v) is 2.68. The molecule has 8 heteroatoms. The molecule has 0 saturated carbocycles. The highest BCUT2D eigenvalue weighted by Gasteiger charge is 2.24. The molecule has 0 spiro atoms. The third-order valence-corrected chi connectivity index (χ3v) is 3.93. The van der Waals surface area contributed by atoms with E-state index in [2.05, 4.69) is 15.6 Å². The van der Waals surface area contributed by atoms with Crippen LogP contribution in [0.2, 0.25) is 0 Å². The highest BCUT2D eigenvalue weighted by Crippen LogP contribution is 2.26. The van der Waals surface area contributed by atoms with Gasteiger partial charge in [0.15, 0.2) is 6.61 Å². The minimum Gasteiger partial charge on any atom is -0.484 e. The fourth-order valence-electron chi connectivity index (χ4n) is 2.00. The van der Waals surface area contributed by atoms with Gasteiger partial charge in [0.1, 0.15) is 11.6 Å². The van der Waals surface area contributed by atoms with E-state index in [1.807, 2.05) is 0 Å². The van der Waals surface area contributed by atoms with Crippen LogP contribution >= 0.6 is 11.8 Å². The molecule has 1 aromatic carbocycles. The van der Waals surface area contributed by atoms with Crippen LogP contribution in [0.1, 0.15) is 5.56 Å². The van der Waals surface area contributed by atoms with E-state index in [9.17, 15) is 14.4 Å². The normalized spacial score (nSPS) is 15.1. The van der Waals surface area contributed by atoms with Gasteiger partial charge in [-0.1, -0.05) is 18.2 Å². The Balaban J connectivity index is 1.54. The van der Waals surface area contributed by atoms with Gasteiger partial charge in [0.25, 0.3) is 17.1 Å². The standard InChI is InChI=1S/C17H13N3O4S/c21-15(19-14-3-1-2-8-18-14)10-24-12-6-4-11(5-7-12)9-13-16(22)20-17(23)25-13/h1-9H,10H2,(H,18,19,21)(H,20,22,23)/b13-9-. The minimum absolute atomic E-state index is 0.149. The molecule has 1 aliphatic rings. The second kappa shape index (κ2) is 7.63. The van der Waals surface area contributed by atoms with Gasteiger partial charge in [-0.3, -0.25) is 19.7 Å². The molecule has 2 N–H and O–H groups in total. The number of anilines is 1. The molecule has 1 fully saturated rings. The van der Waals surface area contributed by atoms with Crippen molar-refractivity contribution in [1.29, 1.82) is 0 Å². The van der Waals surface area contributed by atoms with Gasteiger partial charge >= 0.3 is 0 Å². The predicted octanol–water partition coefficient (Wildman–Crippen LogP) is 2.42. The molecule has 2 heterocycles. The summed E-state index contributed by atoms with van der Waals surface area (Å²) < 4.78 is 5.40. The van der Waals surface area contributed by atoms with Gasteiger partial charge in [0, 0.05) is 6.20 Å². The second-order valence-corrected chi connectivity index (χ2v) is 5.99. The first-order valence-corrected chi connectivity index (χ1v) is 8.10. The Kier molecular flexibility index (Phi) is 5.10. The lowest BCUT2D eigenvalue weighted by Gasteiger charge is -2.07. The van der Waals surface area contributed by atoms with Crippen molar-refractivity contribution in [2.24, 2.45) is 0 Å². The first-order chi connectivity index (χ1) is 12.1. The van der Waals surface area contributed by atoms with Crippen molar-refractivity contribution >= 4 is 40.7 Å². The first kappa shape index (κ1) is 16.7. The van der Waals surface area contributed by atoms with Crippen LogP contribution in [-0.2, 0) is 9.59 Å². The maximum atomic E-state index is 11.8. The van der Waals surface area contributed by atoms with Gasteiger partial charge in [-0.2, -0.15) is 0 Å². The number of benzene rings is 1. The largest absolute Gasteiger partial charge is 0.484 e. The van der Waals surface area contributed by atoms with Crippen molar-refractivity contribution in [3.63, 3.8) is 0 Å². The highest BCUT2D eigenvalue weighted by atomic mass is 32.2. The summed E-state index contributed by atoms with van der Waals surface area (Å²) in [6.45, 7) is -0.149. The highest BCUT2D eigenvalue weighted by molar-refractivity contribution is 8.18. The summed E-state index contributed by atoms with van der Waals surface area (Å²) in [5.41, 5.74) is 0.748. The van der Waals surface area contributed by atoms with E-state index in [1.165, 1.54) is 0 Å². The summed E-state index contributed by atoms with van der Waals surface area (Å²) >= 11 is 0.859. The number of imide groups is 1. The molecule has 0 bridgehead atoms. The summed E-state index contributed by atoms with van der Waals surface area (Å²) in [5.74, 6) is 0.252. The molecule has 3 amide bonds. The summed E-state index contributed by atoms with van der Waals surface area (Å²) in [7, 11) is 0. The average molecular weight is 355 g/mol. The summed E-state index contributed by atoms with van der Waals surface area (Å²) in [4.78, 5) is 38.7. The molecule has 7 nitrogen and oxygen atoms in total. The molecular formula is C17H13N3O4S. The zero-order valence-corrected chi connectivity index (χ0v) is 13.7. The smallest absolute Gasteiger partial charge is 0.290 e. The van der Waals surface area contributed by atoms with Crippen molar-refractivity contribution in [2.75, 3.05) is 11.9 Å². The Morgan fingerprint density at radius 3 is 2.64 bits per heavy atom. The predicted molar refractivity (Wildman–Crippen MR) is 93.9 cm³/mol. The van der Waals surface area contributed by atoms with E-state index in [-0.39, 0.29) is 17.8 Å². The van der Waals surface area contributed by atoms with Gasteiger partial charge in [-0.25, -0.2) is 4.98 Å². The Hall–Kier alpha value is -3.13. The zero-order valence-electron chi connectivity index (χ0n) is 12.9. The van der Waals surface area contributed by atoms with Crippen LogP contribution in [-0.4, -0.2) is 28.6 Å². The number of nitrogens with one attached hydrogen (secondary N) is 2. The number of amides is 3. The summed E-state index contributed by atoms with van der Waals surface area (Å²) in [6.07, 6.45) is 3.20. The molecular weight excluding hydrogens is 342 g/mol. The molecule has 2 aromatic rings. The molecule has 25 heavy (non-hydrogen) atoms. The van der Waals surface area contributed by atoms with Crippen LogP contribution in [0.15, 0.2) is 53.6 Å². The third-order valence-electron chi connectivity index (χ3n) is 3.12. The Morgan fingerprint density at radius 2 is 2.00 bits per heavy atom. The number of carbonyl (C=O) groups is 3. The van der Waals surface area contributed by atoms with E-state index < -0.39 is 5.91 Å². The van der Waals surface area contributed by atoms with E-state index in [4.69, 9.17) is 4.74 Å². The molecule has 0 aliphatic carbocycles. The maximum absolute atomic E-state index is 11.8. The molecule has 126 valence electrons. The molecule has 3 rings (SSSR count). The molecule has 1 aromatic heterocycles. The van der Waals surface area contributed by atoms with E-state index in [1.54, 1.807) is 54.7 Å². The van der Waals surface area contributed by atoms with Crippen LogP contribution in [0.4, 0.5) is 10.6 Å². The second-order valence-electron chi connectivity index (χ2n) is 4.97. The van der Waals surface area contributed by atoms with Gasteiger partial charge in [-0.05, 0) is 47.7 Å². The lowest BCUT2D eigenvalue weighted by molar-refractivity contribution is -0.118. The number of ether oxygens (including phenoxy) is 1. The summed E-state index contributed by atoms with van der Waals surface area (Å²) in [6, 6.07) is 12.0. The van der Waals surface area contributed by atoms with Gasteiger partial charge < -0.3 is 10.1 Å². The Morgan fingerprint density at radius 1 is 1.20 bits per heavy atom. The van der Waals surface area contributed by atoms with Crippen molar-refractivity contribution in [2.45, 2.75) is 0 Å². The monoisotopic (exact) mass is 355 g/mol. The number of hydrogen-bond donors (Lipinski definition) is 2. The van der Waals surface area contributed by atoms with Crippen molar-refractivity contribution in [3.05, 3.63) is 59.1 Å². The third kappa shape index (κ3) is 4.67. The number of hydrogen-bond acceptors (Lipinski definition) is 6. The number of rotatable bonds is 5. The lowest BCUT2D eigenvalue weighted by atomic mass is 10.2.